The predicted molar refractivity (Wildman–Crippen MR) is 65.9 cm³/mol. The molecule has 3 rings (SSSR count). The topological polar surface area (TPSA) is 69.2 Å². The first-order valence-corrected chi connectivity index (χ1v) is 6.72. The first-order chi connectivity index (χ1) is 8.74. The highest BCUT2D eigenvalue weighted by molar-refractivity contribution is 5.79. The fraction of sp³-hybridized carbons (Fsp3) is 0.692. The van der Waals surface area contributed by atoms with Crippen molar-refractivity contribution in [2.45, 2.75) is 38.2 Å². The SMILES string of the molecule is O=C(C1CCc2nc[nH]c2C1)N1CCC(O)CC1. The number of carbonyl (C=O) groups excluding carboxylic acids is 1. The van der Waals surface area contributed by atoms with E-state index in [1.807, 2.05) is 4.90 Å². The highest BCUT2D eigenvalue weighted by Crippen LogP contribution is 2.25. The summed E-state index contributed by atoms with van der Waals surface area (Å²) in [4.78, 5) is 21.7. The molecule has 1 fully saturated rings. The van der Waals surface area contributed by atoms with E-state index in [-0.39, 0.29) is 17.9 Å². The second kappa shape index (κ2) is 4.72. The van der Waals surface area contributed by atoms with Gasteiger partial charge in [-0.05, 0) is 25.7 Å². The van der Waals surface area contributed by atoms with Crippen LogP contribution in [0.5, 0.6) is 0 Å². The van der Waals surface area contributed by atoms with E-state index in [1.54, 1.807) is 6.33 Å². The van der Waals surface area contributed by atoms with Gasteiger partial charge in [-0.15, -0.1) is 0 Å². The molecule has 2 aliphatic rings. The number of amides is 1. The monoisotopic (exact) mass is 249 g/mol. The minimum Gasteiger partial charge on any atom is -0.393 e. The van der Waals surface area contributed by atoms with Crippen molar-refractivity contribution in [1.82, 2.24) is 14.9 Å². The lowest BCUT2D eigenvalue weighted by atomic mass is 9.88. The van der Waals surface area contributed by atoms with Gasteiger partial charge < -0.3 is 15.0 Å². The van der Waals surface area contributed by atoms with Crippen LogP contribution in [0.1, 0.15) is 30.7 Å². The number of hydrogen-bond donors (Lipinski definition) is 2. The molecule has 0 bridgehead atoms. The molecule has 18 heavy (non-hydrogen) atoms. The Bertz CT molecular complexity index is 435. The molecule has 1 aromatic heterocycles. The summed E-state index contributed by atoms with van der Waals surface area (Å²) < 4.78 is 0. The summed E-state index contributed by atoms with van der Waals surface area (Å²) in [6.07, 6.45) is 5.50. The maximum atomic E-state index is 12.4. The number of piperidine rings is 1. The number of aromatic nitrogens is 2. The third-order valence-electron chi connectivity index (χ3n) is 4.11. The Morgan fingerprint density at radius 2 is 2.17 bits per heavy atom. The van der Waals surface area contributed by atoms with Crippen LogP contribution >= 0.6 is 0 Å². The van der Waals surface area contributed by atoms with Gasteiger partial charge in [0.1, 0.15) is 0 Å². The molecule has 2 N–H and O–H groups in total. The third kappa shape index (κ3) is 2.14. The first kappa shape index (κ1) is 11.7. The number of nitrogens with one attached hydrogen (secondary N) is 1. The highest BCUT2D eigenvalue weighted by atomic mass is 16.3. The number of fused-ring (bicyclic) bond motifs is 1. The Labute approximate surface area is 106 Å². The van der Waals surface area contributed by atoms with Crippen molar-refractivity contribution in [2.24, 2.45) is 5.92 Å². The summed E-state index contributed by atoms with van der Waals surface area (Å²) in [6, 6.07) is 0. The van der Waals surface area contributed by atoms with Crippen LogP contribution in [0.3, 0.4) is 0 Å². The summed E-state index contributed by atoms with van der Waals surface area (Å²) >= 11 is 0. The molecular formula is C13H19N3O2. The van der Waals surface area contributed by atoms with Gasteiger partial charge in [-0.1, -0.05) is 0 Å². The van der Waals surface area contributed by atoms with Crippen molar-refractivity contribution in [3.05, 3.63) is 17.7 Å². The third-order valence-corrected chi connectivity index (χ3v) is 4.11. The van der Waals surface area contributed by atoms with E-state index in [0.29, 0.717) is 25.9 Å². The lowest BCUT2D eigenvalue weighted by Crippen LogP contribution is -2.44. The van der Waals surface area contributed by atoms with E-state index in [2.05, 4.69) is 9.97 Å². The highest BCUT2D eigenvalue weighted by Gasteiger charge is 2.31. The maximum absolute atomic E-state index is 12.4. The zero-order valence-corrected chi connectivity index (χ0v) is 10.4. The smallest absolute Gasteiger partial charge is 0.226 e. The summed E-state index contributed by atoms with van der Waals surface area (Å²) in [5, 5.41) is 9.47. The molecule has 2 heterocycles. The predicted octanol–water partition coefficient (Wildman–Crippen LogP) is 0.498. The Morgan fingerprint density at radius 1 is 1.39 bits per heavy atom. The van der Waals surface area contributed by atoms with Gasteiger partial charge in [-0.25, -0.2) is 4.98 Å². The minimum atomic E-state index is -0.223. The second-order valence-electron chi connectivity index (χ2n) is 5.32. The summed E-state index contributed by atoms with van der Waals surface area (Å²) in [6.45, 7) is 1.40. The number of hydrogen-bond acceptors (Lipinski definition) is 3. The Hall–Kier alpha value is -1.36. The minimum absolute atomic E-state index is 0.0909. The van der Waals surface area contributed by atoms with E-state index in [0.717, 1.165) is 30.7 Å². The van der Waals surface area contributed by atoms with E-state index in [4.69, 9.17) is 0 Å². The number of rotatable bonds is 1. The Balaban J connectivity index is 1.64. The summed E-state index contributed by atoms with van der Waals surface area (Å²) in [5.74, 6) is 0.343. The molecule has 5 heteroatoms. The molecule has 5 nitrogen and oxygen atoms in total. The molecule has 1 aromatic rings. The van der Waals surface area contributed by atoms with Gasteiger partial charge in [0.25, 0.3) is 0 Å². The molecule has 1 unspecified atom stereocenters. The molecule has 0 radical (unpaired) electrons. The normalized spacial score (nSPS) is 24.9. The fourth-order valence-electron chi connectivity index (χ4n) is 2.96. The zero-order chi connectivity index (χ0) is 12.5. The fourth-order valence-corrected chi connectivity index (χ4v) is 2.96. The molecule has 0 spiro atoms. The van der Waals surface area contributed by atoms with Gasteiger partial charge in [0, 0.05) is 31.1 Å². The van der Waals surface area contributed by atoms with Crippen LogP contribution in [0.25, 0.3) is 0 Å². The van der Waals surface area contributed by atoms with Crippen molar-refractivity contribution in [3.63, 3.8) is 0 Å². The molecule has 1 saturated heterocycles. The second-order valence-corrected chi connectivity index (χ2v) is 5.32. The largest absolute Gasteiger partial charge is 0.393 e. The van der Waals surface area contributed by atoms with Gasteiger partial charge in [-0.3, -0.25) is 4.79 Å². The van der Waals surface area contributed by atoms with Gasteiger partial charge in [0.05, 0.1) is 18.1 Å². The number of carbonyl (C=O) groups is 1. The van der Waals surface area contributed by atoms with Crippen molar-refractivity contribution in [3.8, 4) is 0 Å². The molecule has 0 saturated carbocycles. The number of likely N-dealkylation sites (tertiary alicyclic amines) is 1. The van der Waals surface area contributed by atoms with E-state index in [9.17, 15) is 9.90 Å². The van der Waals surface area contributed by atoms with Crippen LogP contribution < -0.4 is 0 Å². The lowest BCUT2D eigenvalue weighted by molar-refractivity contribution is -0.138. The number of H-pyrrole nitrogens is 1. The Morgan fingerprint density at radius 3 is 2.94 bits per heavy atom. The number of nitrogens with zero attached hydrogens (tertiary/aromatic N) is 2. The molecular weight excluding hydrogens is 230 g/mol. The van der Waals surface area contributed by atoms with Crippen LogP contribution in [0.2, 0.25) is 0 Å². The van der Waals surface area contributed by atoms with Crippen LogP contribution in [0.15, 0.2) is 6.33 Å². The lowest BCUT2D eigenvalue weighted by Gasteiger charge is -2.33. The van der Waals surface area contributed by atoms with Crippen molar-refractivity contribution >= 4 is 5.91 Å². The number of aliphatic hydroxyl groups excluding tert-OH is 1. The quantitative estimate of drug-likeness (QED) is 0.761. The number of aromatic amines is 1. The van der Waals surface area contributed by atoms with Gasteiger partial charge in [0.15, 0.2) is 0 Å². The number of aliphatic hydroxyl groups is 1. The first-order valence-electron chi connectivity index (χ1n) is 6.72. The van der Waals surface area contributed by atoms with Gasteiger partial charge >= 0.3 is 0 Å². The van der Waals surface area contributed by atoms with Crippen LogP contribution in [-0.2, 0) is 17.6 Å². The zero-order valence-electron chi connectivity index (χ0n) is 10.4. The molecule has 1 atom stereocenters. The average molecular weight is 249 g/mol. The molecule has 98 valence electrons. The molecule has 1 aliphatic carbocycles. The summed E-state index contributed by atoms with van der Waals surface area (Å²) in [7, 11) is 0. The maximum Gasteiger partial charge on any atom is 0.226 e. The van der Waals surface area contributed by atoms with E-state index >= 15 is 0 Å². The van der Waals surface area contributed by atoms with Gasteiger partial charge in [-0.2, -0.15) is 0 Å². The summed E-state index contributed by atoms with van der Waals surface area (Å²) in [5.41, 5.74) is 2.24. The van der Waals surface area contributed by atoms with Crippen molar-refractivity contribution < 1.29 is 9.90 Å². The Kier molecular flexibility index (Phi) is 3.07. The standard InChI is InChI=1S/C13H19N3O2/c17-10-3-5-16(6-4-10)13(18)9-1-2-11-12(7-9)15-8-14-11/h8-10,17H,1-7H2,(H,14,15). The van der Waals surface area contributed by atoms with Crippen LogP contribution in [-0.4, -0.2) is 45.1 Å². The average Bonchev–Trinajstić information content (AvgIpc) is 2.86. The van der Waals surface area contributed by atoms with E-state index < -0.39 is 0 Å². The van der Waals surface area contributed by atoms with Crippen molar-refractivity contribution in [2.75, 3.05) is 13.1 Å². The van der Waals surface area contributed by atoms with Crippen LogP contribution in [0.4, 0.5) is 0 Å². The van der Waals surface area contributed by atoms with E-state index in [1.165, 1.54) is 0 Å². The molecule has 1 aliphatic heterocycles. The molecule has 1 amide bonds. The number of imidazole rings is 1. The number of aryl methyl sites for hydroxylation is 1. The molecule has 0 aromatic carbocycles. The van der Waals surface area contributed by atoms with Gasteiger partial charge in [0.2, 0.25) is 5.91 Å². The van der Waals surface area contributed by atoms with Crippen molar-refractivity contribution in [1.29, 1.82) is 0 Å². The van der Waals surface area contributed by atoms with Crippen LogP contribution in [0, 0.1) is 5.92 Å².